The fourth-order valence-corrected chi connectivity index (χ4v) is 3.52. The van der Waals surface area contributed by atoms with Crippen LogP contribution in [0.1, 0.15) is 35.1 Å². The van der Waals surface area contributed by atoms with Gasteiger partial charge in [0.1, 0.15) is 0 Å². The number of carbonyl (C=O) groups is 1. The molecule has 0 saturated carbocycles. The summed E-state index contributed by atoms with van der Waals surface area (Å²) in [4.78, 5) is 18.8. The molecule has 8 nitrogen and oxygen atoms in total. The highest BCUT2D eigenvalue weighted by atomic mass is 79.9. The van der Waals surface area contributed by atoms with Gasteiger partial charge in [-0.2, -0.15) is 4.98 Å². The average Bonchev–Trinajstić information content (AvgIpc) is 3.30. The third-order valence-corrected chi connectivity index (χ3v) is 4.89. The van der Waals surface area contributed by atoms with Crippen LogP contribution < -0.4 is 0 Å². The van der Waals surface area contributed by atoms with Crippen molar-refractivity contribution in [2.75, 3.05) is 13.1 Å². The Hall–Kier alpha value is -2.55. The number of likely N-dealkylation sites (tertiary alicyclic amines) is 1. The number of aryl methyl sites for hydroxylation is 1. The maximum atomic E-state index is 12.8. The number of amides is 1. The Morgan fingerprint density at radius 2 is 2.27 bits per heavy atom. The van der Waals surface area contributed by atoms with Crippen LogP contribution in [0.25, 0.3) is 11.5 Å². The van der Waals surface area contributed by atoms with Gasteiger partial charge in [-0.05, 0) is 31.0 Å². The number of halogens is 1. The largest absolute Gasteiger partial charge is 0.339 e. The molecular formula is C17H17BrN6O2. The minimum absolute atomic E-state index is 0.0325. The Labute approximate surface area is 158 Å². The molecule has 1 amide bonds. The molecule has 26 heavy (non-hydrogen) atoms. The number of aromatic nitrogens is 5. The second-order valence-corrected chi connectivity index (χ2v) is 7.19. The van der Waals surface area contributed by atoms with Crippen molar-refractivity contribution in [2.45, 2.75) is 25.8 Å². The summed E-state index contributed by atoms with van der Waals surface area (Å²) < 4.78 is 7.68. The number of hydrogen-bond donors (Lipinski definition) is 0. The Bertz CT molecular complexity index is 937. The second kappa shape index (κ2) is 6.99. The summed E-state index contributed by atoms with van der Waals surface area (Å²) in [6.45, 7) is 3.07. The highest BCUT2D eigenvalue weighted by Crippen LogP contribution is 2.24. The Balaban J connectivity index is 1.50. The van der Waals surface area contributed by atoms with Gasteiger partial charge < -0.3 is 9.42 Å². The second-order valence-electron chi connectivity index (χ2n) is 6.28. The molecule has 1 aliphatic heterocycles. The minimum Gasteiger partial charge on any atom is -0.339 e. The first-order valence-corrected chi connectivity index (χ1v) is 9.17. The zero-order valence-electron chi connectivity index (χ0n) is 14.2. The van der Waals surface area contributed by atoms with Crippen LogP contribution in [0.2, 0.25) is 0 Å². The molecule has 0 radical (unpaired) electrons. The Morgan fingerprint density at radius 3 is 3.04 bits per heavy atom. The van der Waals surface area contributed by atoms with E-state index in [0.717, 1.165) is 23.9 Å². The van der Waals surface area contributed by atoms with Crippen molar-refractivity contribution in [1.82, 2.24) is 30.0 Å². The maximum Gasteiger partial charge on any atom is 0.253 e. The molecule has 0 bridgehead atoms. The van der Waals surface area contributed by atoms with E-state index in [0.29, 0.717) is 29.5 Å². The molecule has 134 valence electrons. The fourth-order valence-electron chi connectivity index (χ4n) is 3.12. The van der Waals surface area contributed by atoms with Crippen molar-refractivity contribution in [1.29, 1.82) is 0 Å². The molecule has 0 unspecified atom stereocenters. The van der Waals surface area contributed by atoms with Crippen LogP contribution in [0.4, 0.5) is 0 Å². The van der Waals surface area contributed by atoms with E-state index in [1.165, 1.54) is 0 Å². The van der Waals surface area contributed by atoms with Gasteiger partial charge in [-0.15, -0.1) is 5.10 Å². The summed E-state index contributed by atoms with van der Waals surface area (Å²) in [7, 11) is 0. The normalized spacial score (nSPS) is 17.5. The lowest BCUT2D eigenvalue weighted by atomic mass is 10.0. The third-order valence-electron chi connectivity index (χ3n) is 4.40. The van der Waals surface area contributed by atoms with Crippen LogP contribution in [-0.2, 0) is 0 Å². The van der Waals surface area contributed by atoms with Gasteiger partial charge in [0.2, 0.25) is 11.7 Å². The van der Waals surface area contributed by atoms with Crippen LogP contribution in [0.5, 0.6) is 0 Å². The topological polar surface area (TPSA) is 89.9 Å². The van der Waals surface area contributed by atoms with Gasteiger partial charge in [0.15, 0.2) is 5.69 Å². The molecule has 0 aliphatic carbocycles. The summed E-state index contributed by atoms with van der Waals surface area (Å²) in [5, 5.41) is 12.2. The number of benzene rings is 1. The van der Waals surface area contributed by atoms with Crippen LogP contribution in [0.15, 0.2) is 39.5 Å². The van der Waals surface area contributed by atoms with E-state index >= 15 is 0 Å². The molecule has 1 atom stereocenters. The van der Waals surface area contributed by atoms with Gasteiger partial charge in [-0.25, -0.2) is 4.68 Å². The monoisotopic (exact) mass is 416 g/mol. The highest BCUT2D eigenvalue weighted by molar-refractivity contribution is 9.10. The number of carbonyl (C=O) groups excluding carboxylic acids is 1. The SMILES string of the molecule is Cc1nc(-c2cn([C@@H]3CCCN(C(=O)c4cccc(Br)c4)C3)nn2)no1. The van der Waals surface area contributed by atoms with Gasteiger partial charge in [0, 0.05) is 30.0 Å². The molecule has 3 aromatic rings. The standard InChI is InChI=1S/C17H17BrN6O2/c1-11-19-16(21-26-11)15-10-24(22-20-15)14-6-3-7-23(9-14)17(25)12-4-2-5-13(18)8-12/h2,4-5,8,10,14H,3,6-7,9H2,1H3/t14-/m1/s1. The predicted molar refractivity (Wildman–Crippen MR) is 96.4 cm³/mol. The lowest BCUT2D eigenvalue weighted by Gasteiger charge is -2.32. The number of hydrogen-bond acceptors (Lipinski definition) is 6. The summed E-state index contributed by atoms with van der Waals surface area (Å²) >= 11 is 3.42. The molecule has 9 heteroatoms. The smallest absolute Gasteiger partial charge is 0.253 e. The zero-order chi connectivity index (χ0) is 18.1. The van der Waals surface area contributed by atoms with Crippen molar-refractivity contribution < 1.29 is 9.32 Å². The molecule has 1 aromatic carbocycles. The average molecular weight is 417 g/mol. The molecule has 1 aliphatic rings. The van der Waals surface area contributed by atoms with Crippen LogP contribution in [0, 0.1) is 6.92 Å². The predicted octanol–water partition coefficient (Wildman–Crippen LogP) is 2.88. The van der Waals surface area contributed by atoms with Crippen molar-refractivity contribution in [3.63, 3.8) is 0 Å². The van der Waals surface area contributed by atoms with Crippen molar-refractivity contribution in [2.24, 2.45) is 0 Å². The molecule has 0 N–H and O–H groups in total. The quantitative estimate of drug-likeness (QED) is 0.651. The van der Waals surface area contributed by atoms with Gasteiger partial charge in [0.25, 0.3) is 5.91 Å². The summed E-state index contributed by atoms with van der Waals surface area (Å²) in [6, 6.07) is 7.54. The van der Waals surface area contributed by atoms with Crippen molar-refractivity contribution >= 4 is 21.8 Å². The number of rotatable bonds is 3. The lowest BCUT2D eigenvalue weighted by molar-refractivity contribution is 0.0672. The van der Waals surface area contributed by atoms with E-state index in [9.17, 15) is 4.79 Å². The third kappa shape index (κ3) is 3.39. The molecule has 4 rings (SSSR count). The maximum absolute atomic E-state index is 12.8. The molecule has 3 heterocycles. The highest BCUT2D eigenvalue weighted by Gasteiger charge is 2.27. The van der Waals surface area contributed by atoms with Crippen LogP contribution in [-0.4, -0.2) is 49.0 Å². The van der Waals surface area contributed by atoms with Crippen molar-refractivity contribution in [3.05, 3.63) is 46.4 Å². The Kier molecular flexibility index (Phi) is 4.54. The first-order valence-electron chi connectivity index (χ1n) is 8.37. The first kappa shape index (κ1) is 16.9. The van der Waals surface area contributed by atoms with E-state index in [-0.39, 0.29) is 11.9 Å². The lowest BCUT2D eigenvalue weighted by Crippen LogP contribution is -2.40. The molecule has 2 aromatic heterocycles. The first-order chi connectivity index (χ1) is 12.6. The van der Waals surface area contributed by atoms with Gasteiger partial charge >= 0.3 is 0 Å². The van der Waals surface area contributed by atoms with Gasteiger partial charge in [0.05, 0.1) is 12.2 Å². The minimum atomic E-state index is 0.0325. The Morgan fingerprint density at radius 1 is 1.38 bits per heavy atom. The van der Waals surface area contributed by atoms with Crippen LogP contribution in [0.3, 0.4) is 0 Å². The molecule has 1 saturated heterocycles. The zero-order valence-corrected chi connectivity index (χ0v) is 15.8. The van der Waals surface area contributed by atoms with Crippen LogP contribution >= 0.6 is 15.9 Å². The van der Waals surface area contributed by atoms with Crippen molar-refractivity contribution in [3.8, 4) is 11.5 Å². The summed E-state index contributed by atoms with van der Waals surface area (Å²) in [5.41, 5.74) is 1.25. The van der Waals surface area contributed by atoms with E-state index in [4.69, 9.17) is 4.52 Å². The molecule has 1 fully saturated rings. The fraction of sp³-hybridized carbons (Fsp3) is 0.353. The van der Waals surface area contributed by atoms with E-state index in [1.807, 2.05) is 35.4 Å². The summed E-state index contributed by atoms with van der Waals surface area (Å²) in [6.07, 6.45) is 3.67. The summed E-state index contributed by atoms with van der Waals surface area (Å²) in [5.74, 6) is 0.940. The number of nitrogens with zero attached hydrogens (tertiary/aromatic N) is 6. The van der Waals surface area contributed by atoms with E-state index in [2.05, 4.69) is 36.4 Å². The van der Waals surface area contributed by atoms with E-state index < -0.39 is 0 Å². The molecule has 0 spiro atoms. The van der Waals surface area contributed by atoms with Gasteiger partial charge in [-0.1, -0.05) is 32.4 Å². The number of piperidine rings is 1. The molecular weight excluding hydrogens is 400 g/mol. The van der Waals surface area contributed by atoms with Gasteiger partial charge in [-0.3, -0.25) is 4.79 Å². The van der Waals surface area contributed by atoms with E-state index in [1.54, 1.807) is 11.6 Å².